The van der Waals surface area contributed by atoms with Crippen molar-refractivity contribution in [2.45, 2.75) is 19.1 Å². The lowest BCUT2D eigenvalue weighted by molar-refractivity contribution is -0.137. The highest BCUT2D eigenvalue weighted by Gasteiger charge is 2.35. The summed E-state index contributed by atoms with van der Waals surface area (Å²) in [5.74, 6) is -0.347. The predicted octanol–water partition coefficient (Wildman–Crippen LogP) is 6.20. The van der Waals surface area contributed by atoms with Gasteiger partial charge in [0.15, 0.2) is 5.82 Å². The first kappa shape index (κ1) is 24.5. The van der Waals surface area contributed by atoms with E-state index in [2.05, 4.69) is 15.5 Å². The van der Waals surface area contributed by atoms with Crippen LogP contribution in [0.4, 0.5) is 33.9 Å². The molecule has 1 aliphatic heterocycles. The number of aromatic nitrogens is 2. The van der Waals surface area contributed by atoms with Gasteiger partial charge in [0.25, 0.3) is 0 Å². The topological polar surface area (TPSA) is 61.4 Å². The molecule has 6 nitrogen and oxygen atoms in total. The lowest BCUT2D eigenvalue weighted by Crippen LogP contribution is -2.55. The Labute approximate surface area is 210 Å². The molecular weight excluding hydrogens is 486 g/mol. The van der Waals surface area contributed by atoms with Gasteiger partial charge in [-0.15, -0.1) is 10.2 Å². The minimum Gasteiger partial charge on any atom is -0.348 e. The maximum absolute atomic E-state index is 13.4. The number of carbonyl (C=O) groups is 1. The first-order chi connectivity index (χ1) is 17.7. The summed E-state index contributed by atoms with van der Waals surface area (Å²) in [4.78, 5) is 16.3. The van der Waals surface area contributed by atoms with E-state index in [4.69, 9.17) is 0 Å². The van der Waals surface area contributed by atoms with Crippen molar-refractivity contribution in [1.29, 1.82) is 0 Å². The average Bonchev–Trinajstić information content (AvgIpc) is 2.89. The number of carbonyl (C=O) groups excluding carboxylic acids is 1. The highest BCUT2D eigenvalue weighted by atomic mass is 19.4. The summed E-state index contributed by atoms with van der Waals surface area (Å²) in [6, 6.07) is 18.9. The summed E-state index contributed by atoms with van der Waals surface area (Å²) in [6.07, 6.45) is -4.80. The van der Waals surface area contributed by atoms with Gasteiger partial charge in [0, 0.05) is 42.0 Å². The summed E-state index contributed by atoms with van der Waals surface area (Å²) in [7, 11) is 0. The molecule has 0 saturated carbocycles. The molecule has 2 heterocycles. The fourth-order valence-electron chi connectivity index (χ4n) is 4.62. The molecule has 10 heteroatoms. The highest BCUT2D eigenvalue weighted by molar-refractivity contribution is 6.00. The first-order valence-electron chi connectivity index (χ1n) is 11.7. The number of rotatable bonds is 3. The first-order valence-corrected chi connectivity index (χ1v) is 11.7. The third-order valence-electron chi connectivity index (χ3n) is 6.43. The molecule has 1 N–H and O–H groups in total. The van der Waals surface area contributed by atoms with E-state index in [1.807, 2.05) is 66.4 Å². The van der Waals surface area contributed by atoms with Gasteiger partial charge in [-0.2, -0.15) is 13.2 Å². The van der Waals surface area contributed by atoms with Gasteiger partial charge in [-0.1, -0.05) is 54.6 Å². The second-order valence-corrected chi connectivity index (χ2v) is 8.89. The number of hydrogen-bond donors (Lipinski definition) is 1. The van der Waals surface area contributed by atoms with Crippen molar-refractivity contribution in [3.8, 4) is 11.3 Å². The van der Waals surface area contributed by atoms with Gasteiger partial charge >= 0.3 is 12.2 Å². The van der Waals surface area contributed by atoms with Gasteiger partial charge in [0.1, 0.15) is 11.5 Å². The molecule has 2 amide bonds. The minimum absolute atomic E-state index is 0.185. The zero-order valence-corrected chi connectivity index (χ0v) is 19.8. The standard InChI is InChI=1S/C27H23F4N5O/c1-17-16-35(26(37)32-23-12-11-19(28)15-22(23)27(29,30)31)13-14-36(17)25-21-10-6-5-9-20(21)24(33-34-25)18-7-3-2-4-8-18/h2-12,15,17H,13-14,16H2,1H3,(H,32,37)/t17-/m0/s1. The Bertz CT molecular complexity index is 1440. The van der Waals surface area contributed by atoms with E-state index < -0.39 is 29.3 Å². The van der Waals surface area contributed by atoms with E-state index >= 15 is 0 Å². The van der Waals surface area contributed by atoms with E-state index in [0.717, 1.165) is 34.2 Å². The highest BCUT2D eigenvalue weighted by Crippen LogP contribution is 2.36. The third-order valence-corrected chi connectivity index (χ3v) is 6.43. The van der Waals surface area contributed by atoms with Gasteiger partial charge in [-0.25, -0.2) is 9.18 Å². The van der Waals surface area contributed by atoms with Crippen LogP contribution in [0.15, 0.2) is 72.8 Å². The van der Waals surface area contributed by atoms with E-state index in [1.165, 1.54) is 4.90 Å². The normalized spacial score (nSPS) is 16.2. The Morgan fingerprint density at radius 3 is 2.35 bits per heavy atom. The number of benzene rings is 3. The number of hydrogen-bond acceptors (Lipinski definition) is 4. The Morgan fingerprint density at radius 1 is 0.946 bits per heavy atom. The van der Waals surface area contributed by atoms with E-state index in [9.17, 15) is 22.4 Å². The Hall–Kier alpha value is -4.21. The maximum Gasteiger partial charge on any atom is 0.418 e. The predicted molar refractivity (Wildman–Crippen MR) is 134 cm³/mol. The molecule has 1 aliphatic rings. The summed E-state index contributed by atoms with van der Waals surface area (Å²) in [6.45, 7) is 2.84. The van der Waals surface area contributed by atoms with Gasteiger partial charge < -0.3 is 15.1 Å². The van der Waals surface area contributed by atoms with Crippen molar-refractivity contribution in [3.05, 3.63) is 84.2 Å². The second kappa shape index (κ2) is 9.68. The van der Waals surface area contributed by atoms with E-state index in [-0.39, 0.29) is 19.1 Å². The zero-order valence-electron chi connectivity index (χ0n) is 19.8. The van der Waals surface area contributed by atoms with Gasteiger partial charge in [0.2, 0.25) is 0 Å². The Morgan fingerprint density at radius 2 is 1.65 bits per heavy atom. The largest absolute Gasteiger partial charge is 0.418 e. The van der Waals surface area contributed by atoms with Crippen LogP contribution in [0.3, 0.4) is 0 Å². The number of amides is 2. The van der Waals surface area contributed by atoms with Crippen LogP contribution in [-0.2, 0) is 6.18 Å². The molecule has 1 aromatic heterocycles. The molecule has 0 unspecified atom stereocenters. The zero-order chi connectivity index (χ0) is 26.2. The van der Waals surface area contributed by atoms with Crippen LogP contribution in [0.25, 0.3) is 22.0 Å². The molecule has 5 rings (SSSR count). The molecule has 37 heavy (non-hydrogen) atoms. The van der Waals surface area contributed by atoms with Crippen LogP contribution >= 0.6 is 0 Å². The quantitative estimate of drug-likeness (QED) is 0.334. The van der Waals surface area contributed by atoms with Crippen molar-refractivity contribution >= 4 is 28.3 Å². The molecule has 0 spiro atoms. The van der Waals surface area contributed by atoms with E-state index in [1.54, 1.807) is 0 Å². The third kappa shape index (κ3) is 4.91. The van der Waals surface area contributed by atoms with Crippen molar-refractivity contribution in [2.75, 3.05) is 29.9 Å². The van der Waals surface area contributed by atoms with Gasteiger partial charge in [-0.3, -0.25) is 0 Å². The fraction of sp³-hybridized carbons (Fsp3) is 0.222. The molecule has 1 fully saturated rings. The molecule has 0 bridgehead atoms. The van der Waals surface area contributed by atoms with Crippen LogP contribution in [0.2, 0.25) is 0 Å². The van der Waals surface area contributed by atoms with Crippen LogP contribution in [0.5, 0.6) is 0 Å². The van der Waals surface area contributed by atoms with Crippen molar-refractivity contribution < 1.29 is 22.4 Å². The van der Waals surface area contributed by atoms with Crippen LogP contribution in [0.1, 0.15) is 12.5 Å². The molecule has 190 valence electrons. The molecule has 1 saturated heterocycles. The summed E-state index contributed by atoms with van der Waals surface area (Å²) in [5.41, 5.74) is 0.00632. The number of halogens is 4. The van der Waals surface area contributed by atoms with Crippen LogP contribution in [0, 0.1) is 5.82 Å². The number of fused-ring (bicyclic) bond motifs is 1. The van der Waals surface area contributed by atoms with Crippen LogP contribution < -0.4 is 10.2 Å². The average molecular weight is 510 g/mol. The number of urea groups is 1. The summed E-state index contributed by atoms with van der Waals surface area (Å²) >= 11 is 0. The molecule has 3 aromatic carbocycles. The number of alkyl halides is 3. The van der Waals surface area contributed by atoms with Crippen LogP contribution in [-0.4, -0.2) is 46.8 Å². The second-order valence-electron chi connectivity index (χ2n) is 8.89. The number of anilines is 2. The lowest BCUT2D eigenvalue weighted by atomic mass is 10.0. The van der Waals surface area contributed by atoms with Gasteiger partial charge in [0.05, 0.1) is 11.3 Å². The number of nitrogens with zero attached hydrogens (tertiary/aromatic N) is 4. The van der Waals surface area contributed by atoms with Crippen molar-refractivity contribution in [2.24, 2.45) is 0 Å². The number of piperazine rings is 1. The van der Waals surface area contributed by atoms with Gasteiger partial charge in [-0.05, 0) is 25.1 Å². The molecule has 0 radical (unpaired) electrons. The van der Waals surface area contributed by atoms with Crippen molar-refractivity contribution in [3.63, 3.8) is 0 Å². The molecule has 4 aromatic rings. The molecular formula is C27H23F4N5O. The Kier molecular flexibility index (Phi) is 6.41. The Balaban J connectivity index is 1.36. The fourth-order valence-corrected chi connectivity index (χ4v) is 4.62. The molecule has 1 atom stereocenters. The summed E-state index contributed by atoms with van der Waals surface area (Å²) in [5, 5.41) is 13.2. The number of nitrogens with one attached hydrogen (secondary N) is 1. The van der Waals surface area contributed by atoms with E-state index in [0.29, 0.717) is 18.4 Å². The van der Waals surface area contributed by atoms with Crippen molar-refractivity contribution in [1.82, 2.24) is 15.1 Å². The lowest BCUT2D eigenvalue weighted by Gasteiger charge is -2.40. The SMILES string of the molecule is C[C@H]1CN(C(=O)Nc2ccc(F)cc2C(F)(F)F)CCN1c1nnc(-c2ccccc2)c2ccccc12. The monoisotopic (exact) mass is 509 g/mol. The smallest absolute Gasteiger partial charge is 0.348 e. The maximum atomic E-state index is 13.4. The summed E-state index contributed by atoms with van der Waals surface area (Å²) < 4.78 is 53.4. The minimum atomic E-state index is -4.80. The molecule has 0 aliphatic carbocycles.